The number of hydrogen-bond donors (Lipinski definition) is 1. The number of rotatable bonds is 8. The van der Waals surface area contributed by atoms with Crippen LogP contribution in [0.5, 0.6) is 11.5 Å². The Morgan fingerprint density at radius 3 is 2.59 bits per heavy atom. The molecule has 3 aromatic rings. The molecule has 1 atom stereocenters. The van der Waals surface area contributed by atoms with Crippen LogP contribution in [0.25, 0.3) is 5.76 Å². The highest BCUT2D eigenvalue weighted by molar-refractivity contribution is 6.46. The van der Waals surface area contributed by atoms with Crippen LogP contribution >= 0.6 is 0 Å². The molecule has 1 unspecified atom stereocenters. The standard InChI is InChI=1S/C27H26N2O5/c1-3-13-34-22-11-5-8-19(15-22)25(30)23-24(20-9-6-12-28-16-20)29(27(32)26(23)31)17-18-7-4-10-21(14-18)33-2/h4-12,14-16,24,30H,3,13,17H2,1-2H3/b25-23-. The Morgan fingerprint density at radius 1 is 1.06 bits per heavy atom. The third kappa shape index (κ3) is 4.64. The Kier molecular flexibility index (Phi) is 6.92. The zero-order chi connectivity index (χ0) is 24.1. The van der Waals surface area contributed by atoms with Crippen molar-refractivity contribution in [2.75, 3.05) is 13.7 Å². The van der Waals surface area contributed by atoms with E-state index < -0.39 is 17.7 Å². The van der Waals surface area contributed by atoms with Gasteiger partial charge in [-0.1, -0.05) is 37.3 Å². The summed E-state index contributed by atoms with van der Waals surface area (Å²) in [6, 6.07) is 16.9. The number of carbonyl (C=O) groups is 2. The van der Waals surface area contributed by atoms with Gasteiger partial charge < -0.3 is 19.5 Å². The van der Waals surface area contributed by atoms with Gasteiger partial charge >= 0.3 is 0 Å². The van der Waals surface area contributed by atoms with Crippen LogP contribution in [0.4, 0.5) is 0 Å². The van der Waals surface area contributed by atoms with E-state index in [1.54, 1.807) is 55.9 Å². The van der Waals surface area contributed by atoms with Crippen LogP contribution in [0, 0.1) is 0 Å². The monoisotopic (exact) mass is 458 g/mol. The molecule has 1 saturated heterocycles. The number of aromatic nitrogens is 1. The van der Waals surface area contributed by atoms with Gasteiger partial charge in [-0.05, 0) is 47.9 Å². The predicted octanol–water partition coefficient (Wildman–Crippen LogP) is 4.50. The maximum atomic E-state index is 13.2. The van der Waals surface area contributed by atoms with Crippen LogP contribution in [-0.2, 0) is 16.1 Å². The van der Waals surface area contributed by atoms with Crippen molar-refractivity contribution in [1.82, 2.24) is 9.88 Å². The fraction of sp³-hybridized carbons (Fsp3) is 0.222. The average Bonchev–Trinajstić information content (AvgIpc) is 3.12. The van der Waals surface area contributed by atoms with Crippen LogP contribution in [0.3, 0.4) is 0 Å². The fourth-order valence-corrected chi connectivity index (χ4v) is 4.00. The van der Waals surface area contributed by atoms with Gasteiger partial charge in [0.1, 0.15) is 17.3 Å². The predicted molar refractivity (Wildman–Crippen MR) is 127 cm³/mol. The lowest BCUT2D eigenvalue weighted by molar-refractivity contribution is -0.140. The minimum absolute atomic E-state index is 0.0218. The normalized spacial score (nSPS) is 17.1. The molecule has 4 rings (SSSR count). The smallest absolute Gasteiger partial charge is 0.295 e. The number of aliphatic hydroxyl groups excluding tert-OH is 1. The molecule has 2 aromatic carbocycles. The first-order valence-corrected chi connectivity index (χ1v) is 11.1. The summed E-state index contributed by atoms with van der Waals surface area (Å²) in [6.07, 6.45) is 4.06. The van der Waals surface area contributed by atoms with E-state index in [1.165, 1.54) is 4.90 Å². The topological polar surface area (TPSA) is 89.0 Å². The van der Waals surface area contributed by atoms with Gasteiger partial charge in [-0.2, -0.15) is 0 Å². The lowest BCUT2D eigenvalue weighted by Gasteiger charge is -2.25. The summed E-state index contributed by atoms with van der Waals surface area (Å²) >= 11 is 0. The molecule has 7 nitrogen and oxygen atoms in total. The van der Waals surface area contributed by atoms with E-state index in [4.69, 9.17) is 9.47 Å². The molecule has 2 heterocycles. The number of pyridine rings is 1. The zero-order valence-electron chi connectivity index (χ0n) is 19.1. The van der Waals surface area contributed by atoms with Gasteiger partial charge in [0.05, 0.1) is 25.3 Å². The Morgan fingerprint density at radius 2 is 1.85 bits per heavy atom. The van der Waals surface area contributed by atoms with Crippen molar-refractivity contribution in [3.63, 3.8) is 0 Å². The quantitative estimate of drug-likeness (QED) is 0.304. The number of amides is 1. The number of benzene rings is 2. The van der Waals surface area contributed by atoms with Gasteiger partial charge in [0.25, 0.3) is 11.7 Å². The number of methoxy groups -OCH3 is 1. The number of hydrogen-bond acceptors (Lipinski definition) is 6. The van der Waals surface area contributed by atoms with Crippen LogP contribution in [0.2, 0.25) is 0 Å². The minimum atomic E-state index is -0.792. The number of carbonyl (C=O) groups excluding carboxylic acids is 2. The SMILES string of the molecule is CCCOc1cccc(/C(O)=C2/C(=O)C(=O)N(Cc3cccc(OC)c3)C2c2cccnc2)c1. The number of Topliss-reactive ketones (excluding diaryl/α,β-unsaturated/α-hetero) is 1. The number of ether oxygens (including phenoxy) is 2. The van der Waals surface area contributed by atoms with E-state index in [9.17, 15) is 14.7 Å². The summed E-state index contributed by atoms with van der Waals surface area (Å²) < 4.78 is 11.0. The van der Waals surface area contributed by atoms with Crippen molar-refractivity contribution in [3.05, 3.63) is 95.3 Å². The lowest BCUT2D eigenvalue weighted by Crippen LogP contribution is -2.29. The molecule has 1 aromatic heterocycles. The molecule has 1 N–H and O–H groups in total. The molecule has 0 radical (unpaired) electrons. The van der Waals surface area contributed by atoms with Gasteiger partial charge in [0, 0.05) is 24.5 Å². The molecular weight excluding hydrogens is 432 g/mol. The third-order valence-electron chi connectivity index (χ3n) is 5.61. The molecule has 1 amide bonds. The Hall–Kier alpha value is -4.13. The first-order valence-electron chi connectivity index (χ1n) is 11.1. The Balaban J connectivity index is 1.79. The highest BCUT2D eigenvalue weighted by Crippen LogP contribution is 2.40. The van der Waals surface area contributed by atoms with Gasteiger partial charge in [-0.15, -0.1) is 0 Å². The number of ketones is 1. The van der Waals surface area contributed by atoms with E-state index in [1.807, 2.05) is 31.2 Å². The van der Waals surface area contributed by atoms with Crippen LogP contribution < -0.4 is 9.47 Å². The van der Waals surface area contributed by atoms with Crippen molar-refractivity contribution >= 4 is 17.4 Å². The zero-order valence-corrected chi connectivity index (χ0v) is 19.1. The summed E-state index contributed by atoms with van der Waals surface area (Å²) in [7, 11) is 1.57. The van der Waals surface area contributed by atoms with E-state index in [-0.39, 0.29) is 17.9 Å². The summed E-state index contributed by atoms with van der Waals surface area (Å²) in [4.78, 5) is 32.0. The van der Waals surface area contributed by atoms with E-state index >= 15 is 0 Å². The van der Waals surface area contributed by atoms with Crippen molar-refractivity contribution in [1.29, 1.82) is 0 Å². The fourth-order valence-electron chi connectivity index (χ4n) is 4.00. The largest absolute Gasteiger partial charge is 0.507 e. The molecule has 0 saturated carbocycles. The highest BCUT2D eigenvalue weighted by atomic mass is 16.5. The Labute approximate surface area is 198 Å². The van der Waals surface area contributed by atoms with Crippen molar-refractivity contribution < 1.29 is 24.2 Å². The van der Waals surface area contributed by atoms with Gasteiger partial charge in [0.15, 0.2) is 0 Å². The summed E-state index contributed by atoms with van der Waals surface area (Å²) in [6.45, 7) is 2.70. The molecule has 0 spiro atoms. The van der Waals surface area contributed by atoms with E-state index in [0.29, 0.717) is 29.2 Å². The van der Waals surface area contributed by atoms with Crippen LogP contribution in [-0.4, -0.2) is 40.4 Å². The molecule has 7 heteroatoms. The third-order valence-corrected chi connectivity index (χ3v) is 5.61. The first-order chi connectivity index (χ1) is 16.5. The van der Waals surface area contributed by atoms with Gasteiger partial charge in [-0.25, -0.2) is 0 Å². The van der Waals surface area contributed by atoms with Crippen molar-refractivity contribution in [3.8, 4) is 11.5 Å². The summed E-state index contributed by atoms with van der Waals surface area (Å²) in [5, 5.41) is 11.2. The maximum Gasteiger partial charge on any atom is 0.295 e. The maximum absolute atomic E-state index is 13.2. The lowest BCUT2D eigenvalue weighted by atomic mass is 9.96. The van der Waals surface area contributed by atoms with E-state index in [0.717, 1.165) is 12.0 Å². The van der Waals surface area contributed by atoms with Crippen LogP contribution in [0.15, 0.2) is 78.6 Å². The highest BCUT2D eigenvalue weighted by Gasteiger charge is 2.46. The second-order valence-corrected chi connectivity index (χ2v) is 7.94. The van der Waals surface area contributed by atoms with E-state index in [2.05, 4.69) is 4.98 Å². The summed E-state index contributed by atoms with van der Waals surface area (Å²) in [5.41, 5.74) is 1.85. The number of likely N-dealkylation sites (tertiary alicyclic amines) is 1. The van der Waals surface area contributed by atoms with Crippen LogP contribution in [0.1, 0.15) is 36.1 Å². The van der Waals surface area contributed by atoms with Crippen molar-refractivity contribution in [2.24, 2.45) is 0 Å². The molecular formula is C27H26N2O5. The molecule has 1 aliphatic heterocycles. The second-order valence-electron chi connectivity index (χ2n) is 7.94. The summed E-state index contributed by atoms with van der Waals surface area (Å²) in [5.74, 6) is -0.446. The number of nitrogens with zero attached hydrogens (tertiary/aromatic N) is 2. The molecule has 1 fully saturated rings. The van der Waals surface area contributed by atoms with Crippen molar-refractivity contribution in [2.45, 2.75) is 25.9 Å². The molecule has 1 aliphatic rings. The minimum Gasteiger partial charge on any atom is -0.507 e. The Bertz CT molecular complexity index is 1220. The molecule has 0 aliphatic carbocycles. The number of aliphatic hydroxyl groups is 1. The average molecular weight is 459 g/mol. The first kappa shape index (κ1) is 23.0. The molecule has 34 heavy (non-hydrogen) atoms. The van der Waals surface area contributed by atoms with Gasteiger partial charge in [0.2, 0.25) is 0 Å². The second kappa shape index (κ2) is 10.2. The molecule has 0 bridgehead atoms. The van der Waals surface area contributed by atoms with Gasteiger partial charge in [-0.3, -0.25) is 14.6 Å². The molecule has 174 valence electrons.